The van der Waals surface area contributed by atoms with Crippen LogP contribution in [0.4, 0.5) is 11.4 Å². The van der Waals surface area contributed by atoms with Crippen LogP contribution in [0.3, 0.4) is 0 Å². The van der Waals surface area contributed by atoms with E-state index < -0.39 is 5.97 Å². The molecule has 4 atom stereocenters. The average molecular weight is 455 g/mol. The third-order valence-electron chi connectivity index (χ3n) is 6.45. The van der Waals surface area contributed by atoms with Gasteiger partial charge in [0, 0.05) is 30.9 Å². The molecule has 0 spiro atoms. The molecule has 2 aromatic rings. The molecule has 1 saturated heterocycles. The van der Waals surface area contributed by atoms with E-state index in [1.54, 1.807) is 12.1 Å². The summed E-state index contributed by atoms with van der Waals surface area (Å²) < 4.78 is 5.71. The van der Waals surface area contributed by atoms with Gasteiger partial charge in [0.2, 0.25) is 0 Å². The molecule has 168 valence electrons. The summed E-state index contributed by atoms with van der Waals surface area (Å²) in [6, 6.07) is 9.45. The Bertz CT molecular complexity index is 1060. The second-order valence-corrected chi connectivity index (χ2v) is 9.07. The molecule has 0 bridgehead atoms. The fraction of sp³-hybridized carbons (Fsp3) is 0.458. The lowest BCUT2D eigenvalue weighted by molar-refractivity contribution is 0.0287. The number of anilines is 2. The van der Waals surface area contributed by atoms with Crippen molar-refractivity contribution < 1.29 is 14.6 Å². The van der Waals surface area contributed by atoms with Crippen LogP contribution >= 0.6 is 11.6 Å². The van der Waals surface area contributed by atoms with Crippen LogP contribution in [0.2, 0.25) is 5.15 Å². The number of rotatable bonds is 5. The quantitative estimate of drug-likeness (QED) is 0.556. The monoisotopic (exact) mass is 454 g/mol. The molecule has 1 aromatic carbocycles. The lowest BCUT2D eigenvalue weighted by atomic mass is 9.75. The zero-order valence-corrected chi connectivity index (χ0v) is 18.9. The minimum Gasteiger partial charge on any atom is -0.476 e. The summed E-state index contributed by atoms with van der Waals surface area (Å²) in [5.41, 5.74) is 4.60. The van der Waals surface area contributed by atoms with Crippen LogP contribution in [0.15, 0.2) is 24.3 Å². The molecule has 1 fully saturated rings. The Hall–Kier alpha value is -2.82. The molecule has 4 rings (SSSR count). The minimum atomic E-state index is -1.13. The van der Waals surface area contributed by atoms with Crippen molar-refractivity contribution in [2.24, 2.45) is 11.8 Å². The summed E-state index contributed by atoms with van der Waals surface area (Å²) in [4.78, 5) is 15.6. The van der Waals surface area contributed by atoms with Crippen LogP contribution in [0.5, 0.6) is 0 Å². The molecule has 0 aliphatic carbocycles. The van der Waals surface area contributed by atoms with E-state index in [1.165, 1.54) is 0 Å². The van der Waals surface area contributed by atoms with Crippen molar-refractivity contribution >= 4 is 28.9 Å². The van der Waals surface area contributed by atoms with Gasteiger partial charge in [-0.2, -0.15) is 5.26 Å². The Morgan fingerprint density at radius 2 is 2.25 bits per heavy atom. The number of ether oxygens (including phenoxy) is 1. The molecule has 3 unspecified atom stereocenters. The number of carbonyl (C=O) groups is 1. The van der Waals surface area contributed by atoms with Gasteiger partial charge < -0.3 is 20.5 Å². The zero-order valence-electron chi connectivity index (χ0n) is 18.2. The summed E-state index contributed by atoms with van der Waals surface area (Å²) >= 11 is 5.90. The van der Waals surface area contributed by atoms with Crippen LogP contribution in [-0.2, 0) is 11.2 Å². The number of nitriles is 1. The van der Waals surface area contributed by atoms with Gasteiger partial charge in [-0.1, -0.05) is 17.7 Å². The predicted octanol–water partition coefficient (Wildman–Crippen LogP) is 4.82. The smallest absolute Gasteiger partial charge is 0.356 e. The Labute approximate surface area is 192 Å². The molecular weight excluding hydrogens is 428 g/mol. The highest BCUT2D eigenvalue weighted by atomic mass is 35.5. The van der Waals surface area contributed by atoms with E-state index in [9.17, 15) is 15.2 Å². The number of nitrogens with zero attached hydrogens (tertiary/aromatic N) is 2. The number of hydrogen-bond acceptors (Lipinski definition) is 6. The fourth-order valence-corrected chi connectivity index (χ4v) is 5.06. The molecule has 3 N–H and O–H groups in total. The highest BCUT2D eigenvalue weighted by Crippen LogP contribution is 2.40. The highest BCUT2D eigenvalue weighted by molar-refractivity contribution is 6.29. The number of carboxylic acids is 1. The van der Waals surface area contributed by atoms with Crippen molar-refractivity contribution in [1.29, 1.82) is 5.26 Å². The van der Waals surface area contributed by atoms with Crippen molar-refractivity contribution in [1.82, 2.24) is 4.98 Å². The van der Waals surface area contributed by atoms with Crippen molar-refractivity contribution in [3.63, 3.8) is 0 Å². The van der Waals surface area contributed by atoms with E-state index in [0.29, 0.717) is 18.2 Å². The number of benzene rings is 1. The minimum absolute atomic E-state index is 0.106. The largest absolute Gasteiger partial charge is 0.476 e. The van der Waals surface area contributed by atoms with Gasteiger partial charge in [-0.15, -0.1) is 0 Å². The van der Waals surface area contributed by atoms with E-state index in [0.717, 1.165) is 48.2 Å². The van der Waals surface area contributed by atoms with Gasteiger partial charge in [0.15, 0.2) is 5.69 Å². The Kier molecular flexibility index (Phi) is 6.54. The first-order valence-electron chi connectivity index (χ1n) is 10.9. The Morgan fingerprint density at radius 1 is 1.44 bits per heavy atom. The molecule has 2 aliphatic rings. The topological polar surface area (TPSA) is 107 Å². The standard InChI is InChI=1S/C24H27ClN4O3/c1-13-8-16(14(2)27-19-5-6-22(25)29-23(19)24(30)31)18-10-17(15-4-3-7-32-12-15)21(11-26)28-20(18)9-13/h5-6,8-9,14-15,17,21,27-28H,3-4,7,10,12H2,1-2H3,(H,30,31)/t14-,15?,17?,21?/m1/s1. The second-order valence-electron chi connectivity index (χ2n) is 8.68. The van der Waals surface area contributed by atoms with E-state index in [-0.39, 0.29) is 28.8 Å². The Balaban J connectivity index is 1.67. The molecule has 0 amide bonds. The average Bonchev–Trinajstić information content (AvgIpc) is 2.79. The number of hydrogen-bond donors (Lipinski definition) is 3. The Morgan fingerprint density at radius 3 is 2.94 bits per heavy atom. The molecule has 2 aliphatic heterocycles. The lowest BCUT2D eigenvalue weighted by Crippen LogP contribution is -2.41. The van der Waals surface area contributed by atoms with E-state index in [2.05, 4.69) is 33.8 Å². The third-order valence-corrected chi connectivity index (χ3v) is 6.66. The predicted molar refractivity (Wildman–Crippen MR) is 123 cm³/mol. The van der Waals surface area contributed by atoms with Crippen LogP contribution in [0, 0.1) is 30.1 Å². The highest BCUT2D eigenvalue weighted by Gasteiger charge is 2.36. The normalized spacial score (nSPS) is 23.4. The van der Waals surface area contributed by atoms with Crippen LogP contribution in [-0.4, -0.2) is 35.3 Å². The summed E-state index contributed by atoms with van der Waals surface area (Å²) in [7, 11) is 0. The van der Waals surface area contributed by atoms with Crippen LogP contribution in [0.25, 0.3) is 0 Å². The number of halogens is 1. The number of nitrogens with one attached hydrogen (secondary N) is 2. The summed E-state index contributed by atoms with van der Waals surface area (Å²) in [5, 5.41) is 26.3. The van der Waals surface area contributed by atoms with Crippen molar-refractivity contribution in [3.8, 4) is 6.07 Å². The molecule has 8 heteroatoms. The maximum Gasteiger partial charge on any atom is 0.356 e. The van der Waals surface area contributed by atoms with E-state index in [1.807, 2.05) is 13.8 Å². The number of aromatic carboxylic acids is 1. The first-order chi connectivity index (χ1) is 15.4. The molecule has 1 aromatic heterocycles. The molecule has 0 saturated carbocycles. The summed E-state index contributed by atoms with van der Waals surface area (Å²) in [5.74, 6) is -0.636. The van der Waals surface area contributed by atoms with Gasteiger partial charge in [-0.3, -0.25) is 0 Å². The summed E-state index contributed by atoms with van der Waals surface area (Å²) in [6.45, 7) is 5.50. The first-order valence-corrected chi connectivity index (χ1v) is 11.3. The van der Waals surface area contributed by atoms with E-state index in [4.69, 9.17) is 16.3 Å². The van der Waals surface area contributed by atoms with Gasteiger partial charge in [0.05, 0.1) is 11.8 Å². The number of pyridine rings is 1. The molecular formula is C24H27ClN4O3. The fourth-order valence-electron chi connectivity index (χ4n) is 4.91. The number of carboxylic acid groups (broad SMARTS) is 1. The number of fused-ring (bicyclic) bond motifs is 1. The molecule has 32 heavy (non-hydrogen) atoms. The van der Waals surface area contributed by atoms with Gasteiger partial charge in [-0.05, 0) is 73.9 Å². The number of aromatic nitrogens is 1. The SMILES string of the molecule is Cc1cc2c(c([C@@H](C)Nc3ccc(Cl)nc3C(=O)O)c1)CC(C1CCCOC1)C(C#N)N2. The van der Waals surface area contributed by atoms with Crippen molar-refractivity contribution in [3.05, 3.63) is 51.8 Å². The van der Waals surface area contributed by atoms with Crippen molar-refractivity contribution in [2.45, 2.75) is 45.2 Å². The van der Waals surface area contributed by atoms with Gasteiger partial charge in [0.1, 0.15) is 11.2 Å². The van der Waals surface area contributed by atoms with Gasteiger partial charge in [-0.25, -0.2) is 9.78 Å². The lowest BCUT2D eigenvalue weighted by Gasteiger charge is -2.39. The molecule has 7 nitrogen and oxygen atoms in total. The van der Waals surface area contributed by atoms with E-state index >= 15 is 0 Å². The van der Waals surface area contributed by atoms with Crippen LogP contribution < -0.4 is 10.6 Å². The van der Waals surface area contributed by atoms with Gasteiger partial charge in [0.25, 0.3) is 0 Å². The zero-order chi connectivity index (χ0) is 22.8. The number of aryl methyl sites for hydroxylation is 1. The molecule has 0 radical (unpaired) electrons. The maximum absolute atomic E-state index is 11.7. The second kappa shape index (κ2) is 9.35. The molecule has 3 heterocycles. The summed E-state index contributed by atoms with van der Waals surface area (Å²) in [6.07, 6.45) is 2.86. The van der Waals surface area contributed by atoms with Gasteiger partial charge >= 0.3 is 5.97 Å². The third kappa shape index (κ3) is 4.52. The maximum atomic E-state index is 11.7. The first kappa shape index (κ1) is 22.4. The van der Waals surface area contributed by atoms with Crippen molar-refractivity contribution in [2.75, 3.05) is 23.8 Å². The van der Waals surface area contributed by atoms with Crippen LogP contribution in [0.1, 0.15) is 53.0 Å².